The smallest absolute Gasteiger partial charge is 0.0595 e. The molecule has 1 aromatic rings. The Bertz CT molecular complexity index is 378. The summed E-state index contributed by atoms with van der Waals surface area (Å²) in [5, 5.41) is 1.29. The molecule has 3 heteroatoms. The van der Waals surface area contributed by atoms with Crippen LogP contribution in [0.15, 0.2) is 18.2 Å². The molecule has 1 saturated carbocycles. The quantitative estimate of drug-likeness (QED) is 0.791. The van der Waals surface area contributed by atoms with Crippen LogP contribution in [0, 0.1) is 5.92 Å². The van der Waals surface area contributed by atoms with Crippen molar-refractivity contribution in [2.75, 3.05) is 0 Å². The molecule has 2 atom stereocenters. The first kappa shape index (κ1) is 13.2. The first-order chi connectivity index (χ1) is 8.15. The molecule has 0 radical (unpaired) electrons. The lowest BCUT2D eigenvalue weighted by Gasteiger charge is -2.17. The molecule has 0 aromatic heterocycles. The van der Waals surface area contributed by atoms with Crippen LogP contribution < -0.4 is 5.73 Å². The van der Waals surface area contributed by atoms with Crippen molar-refractivity contribution in [3.05, 3.63) is 33.8 Å². The zero-order valence-corrected chi connectivity index (χ0v) is 11.5. The number of benzene rings is 1. The summed E-state index contributed by atoms with van der Waals surface area (Å²) in [6.45, 7) is 0. The highest BCUT2D eigenvalue weighted by molar-refractivity contribution is 6.42. The van der Waals surface area contributed by atoms with Crippen molar-refractivity contribution in [2.45, 2.75) is 44.6 Å². The van der Waals surface area contributed by atoms with Crippen molar-refractivity contribution >= 4 is 23.2 Å². The van der Waals surface area contributed by atoms with Crippen LogP contribution in [0.2, 0.25) is 10.0 Å². The lowest BCUT2D eigenvalue weighted by molar-refractivity contribution is 0.431. The highest BCUT2D eigenvalue weighted by Gasteiger charge is 2.18. The van der Waals surface area contributed by atoms with Gasteiger partial charge < -0.3 is 5.73 Å². The first-order valence-corrected chi connectivity index (χ1v) is 7.10. The first-order valence-electron chi connectivity index (χ1n) is 6.34. The Hall–Kier alpha value is -0.240. The second kappa shape index (κ2) is 6.08. The SMILES string of the molecule is NC1CCCCC(Cc2ccc(Cl)c(Cl)c2)C1. The fourth-order valence-corrected chi connectivity index (χ4v) is 3.01. The summed E-state index contributed by atoms with van der Waals surface area (Å²) in [5.41, 5.74) is 7.36. The van der Waals surface area contributed by atoms with Gasteiger partial charge in [0, 0.05) is 6.04 Å². The molecule has 2 rings (SSSR count). The van der Waals surface area contributed by atoms with E-state index in [1.807, 2.05) is 12.1 Å². The maximum atomic E-state index is 6.09. The van der Waals surface area contributed by atoms with Crippen molar-refractivity contribution in [2.24, 2.45) is 11.7 Å². The summed E-state index contributed by atoms with van der Waals surface area (Å²) >= 11 is 12.0. The summed E-state index contributed by atoms with van der Waals surface area (Å²) in [6, 6.07) is 6.33. The fraction of sp³-hybridized carbons (Fsp3) is 0.571. The van der Waals surface area contributed by atoms with Crippen LogP contribution in [0.1, 0.15) is 37.7 Å². The second-order valence-electron chi connectivity index (χ2n) is 5.10. The van der Waals surface area contributed by atoms with E-state index in [9.17, 15) is 0 Å². The third-order valence-electron chi connectivity index (χ3n) is 3.58. The van der Waals surface area contributed by atoms with Gasteiger partial charge in [0.25, 0.3) is 0 Å². The average molecular weight is 272 g/mol. The fourth-order valence-electron chi connectivity index (χ4n) is 2.69. The topological polar surface area (TPSA) is 26.0 Å². The number of hydrogen-bond donors (Lipinski definition) is 1. The van der Waals surface area contributed by atoms with Crippen LogP contribution in [0.4, 0.5) is 0 Å². The van der Waals surface area contributed by atoms with E-state index in [1.165, 1.54) is 31.2 Å². The summed E-state index contributed by atoms with van der Waals surface area (Å²) in [4.78, 5) is 0. The van der Waals surface area contributed by atoms with Crippen LogP contribution >= 0.6 is 23.2 Å². The van der Waals surface area contributed by atoms with Crippen LogP contribution in [0.5, 0.6) is 0 Å². The molecule has 94 valence electrons. The van der Waals surface area contributed by atoms with Gasteiger partial charge in [0.2, 0.25) is 0 Å². The minimum absolute atomic E-state index is 0.380. The highest BCUT2D eigenvalue weighted by atomic mass is 35.5. The normalized spacial score (nSPS) is 25.6. The Kier molecular flexibility index (Phi) is 4.72. The van der Waals surface area contributed by atoms with E-state index in [4.69, 9.17) is 28.9 Å². The Balaban J connectivity index is 2.01. The van der Waals surface area contributed by atoms with E-state index >= 15 is 0 Å². The monoisotopic (exact) mass is 271 g/mol. The zero-order chi connectivity index (χ0) is 12.3. The predicted octanol–water partition coefficient (Wildman–Crippen LogP) is 4.44. The number of nitrogens with two attached hydrogens (primary N) is 1. The largest absolute Gasteiger partial charge is 0.328 e. The number of halogens is 2. The number of hydrogen-bond acceptors (Lipinski definition) is 1. The molecule has 0 aliphatic heterocycles. The lowest BCUT2D eigenvalue weighted by atomic mass is 9.91. The molecule has 2 N–H and O–H groups in total. The Morgan fingerprint density at radius 2 is 1.88 bits per heavy atom. The Labute approximate surface area is 113 Å². The van der Waals surface area contributed by atoms with E-state index in [0.29, 0.717) is 22.0 Å². The van der Waals surface area contributed by atoms with Gasteiger partial charge in [-0.1, -0.05) is 48.5 Å². The van der Waals surface area contributed by atoms with Gasteiger partial charge in [0.1, 0.15) is 0 Å². The highest BCUT2D eigenvalue weighted by Crippen LogP contribution is 2.28. The van der Waals surface area contributed by atoms with Gasteiger partial charge in [-0.25, -0.2) is 0 Å². The van der Waals surface area contributed by atoms with Crippen molar-refractivity contribution < 1.29 is 0 Å². The molecular weight excluding hydrogens is 253 g/mol. The van der Waals surface area contributed by atoms with Gasteiger partial charge in [-0.05, 0) is 42.9 Å². The van der Waals surface area contributed by atoms with Gasteiger partial charge in [0.05, 0.1) is 10.0 Å². The van der Waals surface area contributed by atoms with E-state index < -0.39 is 0 Å². The third kappa shape index (κ3) is 3.87. The molecule has 0 spiro atoms. The van der Waals surface area contributed by atoms with Crippen molar-refractivity contribution in [3.8, 4) is 0 Å². The van der Waals surface area contributed by atoms with E-state index in [2.05, 4.69) is 6.07 Å². The zero-order valence-electron chi connectivity index (χ0n) is 9.96. The molecule has 1 aliphatic carbocycles. The molecule has 0 amide bonds. The van der Waals surface area contributed by atoms with Gasteiger partial charge in [-0.15, -0.1) is 0 Å². The minimum atomic E-state index is 0.380. The van der Waals surface area contributed by atoms with Gasteiger partial charge >= 0.3 is 0 Å². The number of rotatable bonds is 2. The van der Waals surface area contributed by atoms with E-state index in [1.54, 1.807) is 0 Å². The maximum absolute atomic E-state index is 6.09. The molecule has 2 unspecified atom stereocenters. The van der Waals surface area contributed by atoms with Crippen LogP contribution in [0.3, 0.4) is 0 Å². The molecule has 1 aliphatic rings. The lowest BCUT2D eigenvalue weighted by Crippen LogP contribution is -2.22. The Morgan fingerprint density at radius 3 is 2.65 bits per heavy atom. The molecule has 0 heterocycles. The average Bonchev–Trinajstić information content (AvgIpc) is 2.48. The third-order valence-corrected chi connectivity index (χ3v) is 4.32. The van der Waals surface area contributed by atoms with Gasteiger partial charge in [0.15, 0.2) is 0 Å². The Morgan fingerprint density at radius 1 is 1.12 bits per heavy atom. The van der Waals surface area contributed by atoms with Crippen molar-refractivity contribution in [3.63, 3.8) is 0 Å². The maximum Gasteiger partial charge on any atom is 0.0595 e. The summed E-state index contributed by atoms with van der Waals surface area (Å²) in [5.74, 6) is 0.699. The van der Waals surface area contributed by atoms with E-state index in [-0.39, 0.29) is 0 Å². The van der Waals surface area contributed by atoms with Crippen molar-refractivity contribution in [1.29, 1.82) is 0 Å². The van der Waals surface area contributed by atoms with Gasteiger partial charge in [-0.2, -0.15) is 0 Å². The molecule has 1 nitrogen and oxygen atoms in total. The van der Waals surface area contributed by atoms with Gasteiger partial charge in [-0.3, -0.25) is 0 Å². The second-order valence-corrected chi connectivity index (χ2v) is 5.91. The van der Waals surface area contributed by atoms with Crippen molar-refractivity contribution in [1.82, 2.24) is 0 Å². The van der Waals surface area contributed by atoms with Crippen LogP contribution in [-0.4, -0.2) is 6.04 Å². The molecule has 1 fully saturated rings. The molecular formula is C14H19Cl2N. The summed E-state index contributed by atoms with van der Waals surface area (Å²) < 4.78 is 0. The van der Waals surface area contributed by atoms with Crippen LogP contribution in [-0.2, 0) is 6.42 Å². The standard InChI is InChI=1S/C14H19Cl2N/c15-13-6-5-11(9-14(13)16)7-10-3-1-2-4-12(17)8-10/h5-6,9-10,12H,1-4,7-8,17H2. The van der Waals surface area contributed by atoms with E-state index in [0.717, 1.165) is 12.8 Å². The predicted molar refractivity (Wildman–Crippen MR) is 74.7 cm³/mol. The van der Waals surface area contributed by atoms with Crippen LogP contribution in [0.25, 0.3) is 0 Å². The summed E-state index contributed by atoms with van der Waals surface area (Å²) in [7, 11) is 0. The summed E-state index contributed by atoms with van der Waals surface area (Å²) in [6.07, 6.45) is 7.26. The molecule has 0 bridgehead atoms. The molecule has 0 saturated heterocycles. The minimum Gasteiger partial charge on any atom is -0.328 e. The molecule has 17 heavy (non-hydrogen) atoms. The molecule has 1 aromatic carbocycles.